The molecule has 2 aliphatic carbocycles. The minimum Gasteiger partial charge on any atom is -0.383 e. The van der Waals surface area contributed by atoms with Crippen molar-refractivity contribution in [2.24, 2.45) is 0 Å². The van der Waals surface area contributed by atoms with Crippen LogP contribution in [0.25, 0.3) is 5.57 Å². The van der Waals surface area contributed by atoms with E-state index in [2.05, 4.69) is 24.3 Å². The van der Waals surface area contributed by atoms with Crippen molar-refractivity contribution < 1.29 is 9.47 Å². The SMILES string of the molecule is COCC1(COC)C2=C(CCCC2)c2ccccc21. The first-order chi connectivity index (χ1) is 9.33. The Morgan fingerprint density at radius 1 is 1.00 bits per heavy atom. The van der Waals surface area contributed by atoms with Crippen LogP contribution >= 0.6 is 0 Å². The van der Waals surface area contributed by atoms with Crippen molar-refractivity contribution in [1.29, 1.82) is 0 Å². The minimum atomic E-state index is -0.0458. The molecule has 0 saturated carbocycles. The summed E-state index contributed by atoms with van der Waals surface area (Å²) < 4.78 is 11.1. The summed E-state index contributed by atoms with van der Waals surface area (Å²) in [5.41, 5.74) is 5.94. The standard InChI is InChI=1S/C17H22O2/c1-18-11-17(12-19-2)15-9-5-3-7-13(15)14-8-4-6-10-16(14)17/h3,5,7,9H,4,6,8,10-12H2,1-2H3. The summed E-state index contributed by atoms with van der Waals surface area (Å²) in [5.74, 6) is 0. The Balaban J connectivity index is 2.18. The molecule has 1 aromatic carbocycles. The number of rotatable bonds is 4. The molecule has 0 radical (unpaired) electrons. The minimum absolute atomic E-state index is 0.0458. The van der Waals surface area contributed by atoms with Crippen LogP contribution in [0, 0.1) is 0 Å². The van der Waals surface area contributed by atoms with Gasteiger partial charge in [0.25, 0.3) is 0 Å². The third-order valence-electron chi connectivity index (χ3n) is 4.59. The molecule has 2 heteroatoms. The van der Waals surface area contributed by atoms with Gasteiger partial charge in [-0.05, 0) is 42.4 Å². The summed E-state index contributed by atoms with van der Waals surface area (Å²) >= 11 is 0. The zero-order valence-corrected chi connectivity index (χ0v) is 11.9. The van der Waals surface area contributed by atoms with Crippen molar-refractivity contribution in [1.82, 2.24) is 0 Å². The Kier molecular flexibility index (Phi) is 3.46. The largest absolute Gasteiger partial charge is 0.383 e. The molecule has 0 unspecified atom stereocenters. The van der Waals surface area contributed by atoms with Gasteiger partial charge < -0.3 is 9.47 Å². The fourth-order valence-corrected chi connectivity index (χ4v) is 3.92. The van der Waals surface area contributed by atoms with Gasteiger partial charge >= 0.3 is 0 Å². The molecular weight excluding hydrogens is 236 g/mol. The molecule has 2 aliphatic rings. The molecule has 0 heterocycles. The van der Waals surface area contributed by atoms with E-state index in [1.54, 1.807) is 25.4 Å². The molecule has 19 heavy (non-hydrogen) atoms. The summed E-state index contributed by atoms with van der Waals surface area (Å²) in [6.07, 6.45) is 5.00. The van der Waals surface area contributed by atoms with Gasteiger partial charge in [-0.1, -0.05) is 29.8 Å². The first-order valence-corrected chi connectivity index (χ1v) is 7.14. The normalized spacial score (nSPS) is 20.3. The van der Waals surface area contributed by atoms with E-state index in [9.17, 15) is 0 Å². The highest BCUT2D eigenvalue weighted by atomic mass is 16.5. The number of benzene rings is 1. The molecular formula is C17H22O2. The lowest BCUT2D eigenvalue weighted by molar-refractivity contribution is 0.0770. The van der Waals surface area contributed by atoms with E-state index >= 15 is 0 Å². The third kappa shape index (κ3) is 1.86. The number of hydrogen-bond acceptors (Lipinski definition) is 2. The third-order valence-corrected chi connectivity index (χ3v) is 4.59. The van der Waals surface area contributed by atoms with Gasteiger partial charge in [0.2, 0.25) is 0 Å². The first-order valence-electron chi connectivity index (χ1n) is 7.14. The molecule has 0 amide bonds. The van der Waals surface area contributed by atoms with E-state index < -0.39 is 0 Å². The van der Waals surface area contributed by atoms with Crippen LogP contribution in [0.4, 0.5) is 0 Å². The van der Waals surface area contributed by atoms with Crippen LogP contribution in [0.5, 0.6) is 0 Å². The first kappa shape index (κ1) is 12.9. The number of ether oxygens (including phenoxy) is 2. The van der Waals surface area contributed by atoms with Crippen LogP contribution in [0.15, 0.2) is 29.8 Å². The van der Waals surface area contributed by atoms with Crippen LogP contribution in [0.3, 0.4) is 0 Å². The highest BCUT2D eigenvalue weighted by Gasteiger charge is 2.45. The molecule has 0 bridgehead atoms. The van der Waals surface area contributed by atoms with Gasteiger partial charge in [0.15, 0.2) is 0 Å². The van der Waals surface area contributed by atoms with Crippen LogP contribution in [0.2, 0.25) is 0 Å². The van der Waals surface area contributed by atoms with E-state index in [-0.39, 0.29) is 5.41 Å². The van der Waals surface area contributed by atoms with Crippen LogP contribution in [0.1, 0.15) is 36.8 Å². The summed E-state index contributed by atoms with van der Waals surface area (Å²) in [6.45, 7) is 1.44. The maximum atomic E-state index is 5.57. The lowest BCUT2D eigenvalue weighted by Crippen LogP contribution is -2.37. The molecule has 0 N–H and O–H groups in total. The van der Waals surface area contributed by atoms with Crippen molar-refractivity contribution in [2.45, 2.75) is 31.1 Å². The van der Waals surface area contributed by atoms with Gasteiger partial charge in [0.1, 0.15) is 0 Å². The van der Waals surface area contributed by atoms with Crippen LogP contribution in [-0.2, 0) is 14.9 Å². The molecule has 1 aromatic rings. The van der Waals surface area contributed by atoms with Crippen molar-refractivity contribution in [3.8, 4) is 0 Å². The molecule has 0 aromatic heterocycles. The maximum Gasteiger partial charge on any atom is 0.0640 e. The van der Waals surface area contributed by atoms with Gasteiger partial charge in [0.05, 0.1) is 18.6 Å². The molecule has 0 fully saturated rings. The Labute approximate surface area is 115 Å². The molecule has 2 nitrogen and oxygen atoms in total. The van der Waals surface area contributed by atoms with Gasteiger partial charge in [-0.3, -0.25) is 0 Å². The molecule has 0 aliphatic heterocycles. The van der Waals surface area contributed by atoms with Gasteiger partial charge in [-0.15, -0.1) is 0 Å². The molecule has 0 atom stereocenters. The molecule has 3 rings (SSSR count). The quantitative estimate of drug-likeness (QED) is 0.822. The van der Waals surface area contributed by atoms with Crippen molar-refractivity contribution in [2.75, 3.05) is 27.4 Å². The highest BCUT2D eigenvalue weighted by Crippen LogP contribution is 2.52. The second-order valence-electron chi connectivity index (χ2n) is 5.66. The predicted molar refractivity (Wildman–Crippen MR) is 77.3 cm³/mol. The number of fused-ring (bicyclic) bond motifs is 2. The monoisotopic (exact) mass is 258 g/mol. The van der Waals surface area contributed by atoms with Gasteiger partial charge in [-0.25, -0.2) is 0 Å². The van der Waals surface area contributed by atoms with Crippen LogP contribution in [-0.4, -0.2) is 27.4 Å². The summed E-state index contributed by atoms with van der Waals surface area (Å²) in [7, 11) is 3.59. The maximum absolute atomic E-state index is 5.57. The van der Waals surface area contributed by atoms with Crippen molar-refractivity contribution in [3.63, 3.8) is 0 Å². The molecule has 0 saturated heterocycles. The lowest BCUT2D eigenvalue weighted by atomic mass is 9.75. The molecule has 0 spiro atoms. The second kappa shape index (κ2) is 5.10. The smallest absolute Gasteiger partial charge is 0.0640 e. The zero-order chi connectivity index (χ0) is 13.3. The number of allylic oxidation sites excluding steroid dienone is 1. The van der Waals surface area contributed by atoms with E-state index in [4.69, 9.17) is 9.47 Å². The lowest BCUT2D eigenvalue weighted by Gasteiger charge is -2.34. The molecule has 102 valence electrons. The van der Waals surface area contributed by atoms with E-state index in [0.717, 1.165) is 13.2 Å². The number of methoxy groups -OCH3 is 2. The fourth-order valence-electron chi connectivity index (χ4n) is 3.92. The van der Waals surface area contributed by atoms with E-state index in [1.165, 1.54) is 36.8 Å². The predicted octanol–water partition coefficient (Wildman–Crippen LogP) is 3.56. The summed E-state index contributed by atoms with van der Waals surface area (Å²) in [6, 6.07) is 8.81. The Bertz CT molecular complexity index is 496. The van der Waals surface area contributed by atoms with Crippen molar-refractivity contribution >= 4 is 5.57 Å². The summed E-state index contributed by atoms with van der Waals surface area (Å²) in [5, 5.41) is 0. The topological polar surface area (TPSA) is 18.5 Å². The Morgan fingerprint density at radius 3 is 2.42 bits per heavy atom. The Morgan fingerprint density at radius 2 is 1.68 bits per heavy atom. The Hall–Kier alpha value is -1.12. The average Bonchev–Trinajstić information content (AvgIpc) is 2.72. The van der Waals surface area contributed by atoms with Crippen molar-refractivity contribution in [3.05, 3.63) is 41.0 Å². The highest BCUT2D eigenvalue weighted by molar-refractivity contribution is 5.81. The zero-order valence-electron chi connectivity index (χ0n) is 11.9. The van der Waals surface area contributed by atoms with Crippen LogP contribution < -0.4 is 0 Å². The average molecular weight is 258 g/mol. The van der Waals surface area contributed by atoms with Gasteiger partial charge in [0, 0.05) is 14.2 Å². The van der Waals surface area contributed by atoms with E-state index in [1.807, 2.05) is 0 Å². The fraction of sp³-hybridized carbons (Fsp3) is 0.529. The van der Waals surface area contributed by atoms with Gasteiger partial charge in [-0.2, -0.15) is 0 Å². The summed E-state index contributed by atoms with van der Waals surface area (Å²) in [4.78, 5) is 0. The second-order valence-corrected chi connectivity index (χ2v) is 5.66. The van der Waals surface area contributed by atoms with E-state index in [0.29, 0.717) is 0 Å². The number of hydrogen-bond donors (Lipinski definition) is 0.